The van der Waals surface area contributed by atoms with Crippen molar-refractivity contribution in [3.8, 4) is 0 Å². The molecule has 4 rings (SSSR count). The molecule has 1 saturated carbocycles. The zero-order valence-corrected chi connectivity index (χ0v) is 13.7. The summed E-state index contributed by atoms with van der Waals surface area (Å²) >= 11 is 0. The van der Waals surface area contributed by atoms with E-state index in [1.807, 2.05) is 13.0 Å². The van der Waals surface area contributed by atoms with Crippen molar-refractivity contribution in [1.29, 1.82) is 0 Å². The number of carboxylic acid groups (broad SMARTS) is 1. The predicted octanol–water partition coefficient (Wildman–Crippen LogP) is 3.43. The molecular weight excluding hydrogens is 306 g/mol. The Labute approximate surface area is 140 Å². The summed E-state index contributed by atoms with van der Waals surface area (Å²) in [5, 5.41) is 18.9. The maximum absolute atomic E-state index is 10.8. The fraction of sp³-hybridized carbons (Fsp3) is 0.500. The molecular formula is C18H21N3O3. The molecule has 6 heteroatoms. The zero-order valence-electron chi connectivity index (χ0n) is 13.7. The van der Waals surface area contributed by atoms with Crippen molar-refractivity contribution in [3.05, 3.63) is 29.5 Å². The Hall–Kier alpha value is -2.37. The van der Waals surface area contributed by atoms with Crippen LogP contribution in [0.25, 0.3) is 10.9 Å². The molecule has 1 aliphatic carbocycles. The Bertz CT molecular complexity index is 818. The minimum Gasteiger partial charge on any atom is -0.481 e. The van der Waals surface area contributed by atoms with Gasteiger partial charge in [0.15, 0.2) is 0 Å². The van der Waals surface area contributed by atoms with Gasteiger partial charge in [-0.3, -0.25) is 9.48 Å². The number of aromatic nitrogens is 2. The summed E-state index contributed by atoms with van der Waals surface area (Å²) in [6.07, 6.45) is 5.05. The molecule has 24 heavy (non-hydrogen) atoms. The van der Waals surface area contributed by atoms with Crippen molar-refractivity contribution in [2.24, 2.45) is 5.16 Å². The number of hydrogen-bond donors (Lipinski definition) is 1. The molecule has 1 aromatic heterocycles. The van der Waals surface area contributed by atoms with Crippen LogP contribution in [0.15, 0.2) is 23.4 Å². The fourth-order valence-electron chi connectivity index (χ4n) is 3.81. The normalized spacial score (nSPS) is 21.2. The first-order chi connectivity index (χ1) is 11.6. The number of aliphatic carboxylic acids is 1. The number of hydrogen-bond acceptors (Lipinski definition) is 4. The van der Waals surface area contributed by atoms with Gasteiger partial charge in [0, 0.05) is 17.4 Å². The van der Waals surface area contributed by atoms with Crippen LogP contribution in [0.4, 0.5) is 0 Å². The van der Waals surface area contributed by atoms with E-state index in [4.69, 9.17) is 15.0 Å². The summed E-state index contributed by atoms with van der Waals surface area (Å²) < 4.78 is 2.17. The highest BCUT2D eigenvalue weighted by atomic mass is 16.6. The van der Waals surface area contributed by atoms with Crippen LogP contribution in [0, 0.1) is 6.92 Å². The third-order valence-electron chi connectivity index (χ3n) is 5.03. The lowest BCUT2D eigenvalue weighted by Gasteiger charge is -2.11. The highest BCUT2D eigenvalue weighted by molar-refractivity contribution is 6.04. The smallest absolute Gasteiger partial charge is 0.307 e. The molecule has 0 spiro atoms. The molecule has 2 aliphatic rings. The number of nitrogens with zero attached hydrogens (tertiary/aromatic N) is 3. The van der Waals surface area contributed by atoms with E-state index in [1.165, 1.54) is 31.1 Å². The van der Waals surface area contributed by atoms with E-state index in [2.05, 4.69) is 22.0 Å². The van der Waals surface area contributed by atoms with E-state index in [9.17, 15) is 4.79 Å². The number of carboxylic acids is 1. The highest BCUT2D eigenvalue weighted by Gasteiger charge is 2.26. The van der Waals surface area contributed by atoms with Gasteiger partial charge in [0.2, 0.25) is 0 Å². The van der Waals surface area contributed by atoms with Gasteiger partial charge in [-0.25, -0.2) is 0 Å². The molecule has 1 atom stereocenters. The topological polar surface area (TPSA) is 76.7 Å². The summed E-state index contributed by atoms with van der Waals surface area (Å²) in [6, 6.07) is 6.73. The third kappa shape index (κ3) is 2.66. The van der Waals surface area contributed by atoms with E-state index in [-0.39, 0.29) is 12.5 Å². The van der Waals surface area contributed by atoms with Gasteiger partial charge in [0.25, 0.3) is 0 Å². The Balaban J connectivity index is 1.65. The lowest BCUT2D eigenvalue weighted by atomic mass is 10.0. The molecule has 1 N–H and O–H groups in total. The lowest BCUT2D eigenvalue weighted by molar-refractivity contribution is -0.139. The number of rotatable bonds is 4. The molecule has 0 amide bonds. The molecule has 0 radical (unpaired) electrons. The van der Waals surface area contributed by atoms with E-state index in [1.54, 1.807) is 0 Å². The van der Waals surface area contributed by atoms with Gasteiger partial charge in [-0.15, -0.1) is 0 Å². The van der Waals surface area contributed by atoms with E-state index >= 15 is 0 Å². The first-order valence-electron chi connectivity index (χ1n) is 8.55. The van der Waals surface area contributed by atoms with Gasteiger partial charge in [0.05, 0.1) is 29.4 Å². The van der Waals surface area contributed by atoms with Crippen LogP contribution in [-0.4, -0.2) is 32.7 Å². The first-order valence-corrected chi connectivity index (χ1v) is 8.55. The second-order valence-corrected chi connectivity index (χ2v) is 6.77. The summed E-state index contributed by atoms with van der Waals surface area (Å²) in [5.74, 6) is -0.859. The summed E-state index contributed by atoms with van der Waals surface area (Å²) in [6.45, 7) is 2.05. The number of fused-ring (bicyclic) bond motifs is 1. The average molecular weight is 327 g/mol. The molecule has 2 aromatic rings. The second-order valence-electron chi connectivity index (χ2n) is 6.77. The van der Waals surface area contributed by atoms with Gasteiger partial charge in [-0.05, 0) is 25.8 Å². The predicted molar refractivity (Wildman–Crippen MR) is 90.3 cm³/mol. The molecule has 126 valence electrons. The van der Waals surface area contributed by atoms with Gasteiger partial charge in [0.1, 0.15) is 6.10 Å². The van der Waals surface area contributed by atoms with Crippen LogP contribution >= 0.6 is 0 Å². The van der Waals surface area contributed by atoms with Gasteiger partial charge in [-0.1, -0.05) is 30.1 Å². The zero-order chi connectivity index (χ0) is 16.7. The van der Waals surface area contributed by atoms with Crippen LogP contribution in [0.5, 0.6) is 0 Å². The molecule has 0 saturated heterocycles. The summed E-state index contributed by atoms with van der Waals surface area (Å²) in [5.41, 5.74) is 4.01. The first kappa shape index (κ1) is 15.2. The quantitative estimate of drug-likeness (QED) is 0.933. The number of benzene rings is 1. The Kier molecular flexibility index (Phi) is 3.75. The van der Waals surface area contributed by atoms with Gasteiger partial charge < -0.3 is 9.94 Å². The monoisotopic (exact) mass is 327 g/mol. The average Bonchev–Trinajstić information content (AvgIpc) is 3.27. The molecule has 1 aliphatic heterocycles. The summed E-state index contributed by atoms with van der Waals surface area (Å²) in [7, 11) is 0. The van der Waals surface area contributed by atoms with Crippen molar-refractivity contribution in [2.75, 3.05) is 0 Å². The summed E-state index contributed by atoms with van der Waals surface area (Å²) in [4.78, 5) is 16.1. The van der Waals surface area contributed by atoms with E-state index in [0.717, 1.165) is 22.5 Å². The molecule has 1 aromatic carbocycles. The van der Waals surface area contributed by atoms with Gasteiger partial charge in [-0.2, -0.15) is 5.10 Å². The Morgan fingerprint density at radius 1 is 1.38 bits per heavy atom. The van der Waals surface area contributed by atoms with Crippen molar-refractivity contribution >= 4 is 22.6 Å². The number of aryl methyl sites for hydroxylation is 1. The number of oxime groups is 1. The second kappa shape index (κ2) is 5.92. The van der Waals surface area contributed by atoms with E-state index in [0.29, 0.717) is 12.5 Å². The van der Waals surface area contributed by atoms with Crippen LogP contribution in [0.2, 0.25) is 0 Å². The van der Waals surface area contributed by atoms with Crippen molar-refractivity contribution in [1.82, 2.24) is 9.78 Å². The van der Waals surface area contributed by atoms with E-state index < -0.39 is 5.97 Å². The van der Waals surface area contributed by atoms with Crippen LogP contribution < -0.4 is 0 Å². The largest absolute Gasteiger partial charge is 0.481 e. The van der Waals surface area contributed by atoms with Gasteiger partial charge >= 0.3 is 5.97 Å². The molecule has 2 heterocycles. The molecule has 1 fully saturated rings. The minimum atomic E-state index is -0.859. The molecule has 6 nitrogen and oxygen atoms in total. The highest BCUT2D eigenvalue weighted by Crippen LogP contribution is 2.33. The van der Waals surface area contributed by atoms with Crippen molar-refractivity contribution in [2.45, 2.75) is 57.6 Å². The maximum atomic E-state index is 10.8. The van der Waals surface area contributed by atoms with Crippen LogP contribution in [-0.2, 0) is 9.63 Å². The Morgan fingerprint density at radius 2 is 2.17 bits per heavy atom. The molecule has 0 bridgehead atoms. The third-order valence-corrected chi connectivity index (χ3v) is 5.03. The van der Waals surface area contributed by atoms with Crippen LogP contribution in [0.1, 0.15) is 55.8 Å². The van der Waals surface area contributed by atoms with Crippen molar-refractivity contribution in [3.63, 3.8) is 0 Å². The SMILES string of the molecule is Cc1nn(C2CCCC2)c2cc(C3=NOC(CC(=O)O)C3)ccc12. The minimum absolute atomic E-state index is 0.0195. The fourth-order valence-corrected chi connectivity index (χ4v) is 3.81. The van der Waals surface area contributed by atoms with Crippen LogP contribution in [0.3, 0.4) is 0 Å². The lowest BCUT2D eigenvalue weighted by Crippen LogP contribution is -2.13. The molecule has 1 unspecified atom stereocenters. The maximum Gasteiger partial charge on any atom is 0.307 e. The standard InChI is InChI=1S/C18H21N3O3/c1-11-15-7-6-12(16-9-14(24-20-16)10-18(22)23)8-17(15)21(19-11)13-4-2-3-5-13/h6-8,13-14H,2-5,9-10H2,1H3,(H,22,23). The number of carbonyl (C=O) groups is 1. The van der Waals surface area contributed by atoms with Crippen molar-refractivity contribution < 1.29 is 14.7 Å². The Morgan fingerprint density at radius 3 is 2.92 bits per heavy atom.